The van der Waals surface area contributed by atoms with E-state index in [2.05, 4.69) is 19.2 Å². The molecular weight excluding hydrogens is 358 g/mol. The number of nitrogens with zero attached hydrogens (tertiary/aromatic N) is 1. The maximum atomic E-state index is 10.1. The van der Waals surface area contributed by atoms with E-state index in [1.165, 1.54) is 5.69 Å². The molecule has 6 nitrogen and oxygen atoms in total. The highest BCUT2D eigenvalue weighted by Gasteiger charge is 2.40. The lowest BCUT2D eigenvalue weighted by molar-refractivity contribution is 0.0626. The van der Waals surface area contributed by atoms with E-state index in [9.17, 15) is 5.11 Å². The highest BCUT2D eigenvalue weighted by molar-refractivity contribution is 5.46. The van der Waals surface area contributed by atoms with Crippen LogP contribution in [0.3, 0.4) is 0 Å². The molecule has 2 saturated heterocycles. The van der Waals surface area contributed by atoms with Crippen molar-refractivity contribution in [2.75, 3.05) is 46.6 Å². The van der Waals surface area contributed by atoms with Gasteiger partial charge in [-0.05, 0) is 24.3 Å². The fourth-order valence-electron chi connectivity index (χ4n) is 3.38. The molecule has 2 heterocycles. The molecule has 2 fully saturated rings. The number of likely N-dealkylation sites (N-methyl/N-ethyl adjacent to an activating group) is 1. The van der Waals surface area contributed by atoms with Gasteiger partial charge in [0.1, 0.15) is 61.8 Å². The summed E-state index contributed by atoms with van der Waals surface area (Å²) in [7, 11) is 2.23. The number of aliphatic hydroxyl groups is 1. The standard InChI is InChI=1S/C22H28NO5/c1-23(11-21-15-27-21,12-22-16-28-22)17-7-9-20(10-8-17)26-14-18(24)13-25-19-5-3-2-4-6-19/h2-10,18,21-22,24H,11-16H2,1H3/q+1. The summed E-state index contributed by atoms with van der Waals surface area (Å²) in [6, 6.07) is 17.5. The second-order valence-electron chi connectivity index (χ2n) is 7.75. The van der Waals surface area contributed by atoms with E-state index in [0.717, 1.165) is 42.3 Å². The number of epoxide rings is 2. The smallest absolute Gasteiger partial charge is 0.133 e. The molecule has 2 aromatic carbocycles. The third-order valence-corrected chi connectivity index (χ3v) is 5.11. The number of hydrogen-bond donors (Lipinski definition) is 1. The number of para-hydroxylation sites is 1. The lowest BCUT2D eigenvalue weighted by Gasteiger charge is -2.33. The third-order valence-electron chi connectivity index (χ3n) is 5.11. The Bertz CT molecular complexity index is 729. The second-order valence-corrected chi connectivity index (χ2v) is 7.75. The third kappa shape index (κ3) is 5.45. The van der Waals surface area contributed by atoms with Crippen LogP contribution in [-0.4, -0.2) is 70.0 Å². The molecule has 0 radical (unpaired) electrons. The van der Waals surface area contributed by atoms with Gasteiger partial charge in [0.05, 0.1) is 20.3 Å². The van der Waals surface area contributed by atoms with Gasteiger partial charge >= 0.3 is 0 Å². The Kier molecular flexibility index (Phi) is 5.82. The Morgan fingerprint density at radius 2 is 1.39 bits per heavy atom. The molecule has 0 spiro atoms. The van der Waals surface area contributed by atoms with E-state index in [0.29, 0.717) is 12.2 Å². The fraction of sp³-hybridized carbons (Fsp3) is 0.455. The zero-order chi connectivity index (χ0) is 19.4. The molecule has 1 N–H and O–H groups in total. The van der Waals surface area contributed by atoms with Crippen molar-refractivity contribution >= 4 is 5.69 Å². The Morgan fingerprint density at radius 3 is 1.89 bits per heavy atom. The van der Waals surface area contributed by atoms with Crippen LogP contribution in [0, 0.1) is 0 Å². The summed E-state index contributed by atoms with van der Waals surface area (Å²) < 4.78 is 23.0. The van der Waals surface area contributed by atoms with Crippen molar-refractivity contribution in [3.63, 3.8) is 0 Å². The number of hydrogen-bond acceptors (Lipinski definition) is 5. The summed E-state index contributed by atoms with van der Waals surface area (Å²) in [6.07, 6.45) is -0.00108. The topological polar surface area (TPSA) is 63.8 Å². The summed E-state index contributed by atoms with van der Waals surface area (Å²) in [6.45, 7) is 3.99. The Morgan fingerprint density at radius 1 is 0.893 bits per heavy atom. The SMILES string of the molecule is C[N+](CC1CO1)(CC1CO1)c1ccc(OCC(O)COc2ccccc2)cc1. The average molecular weight is 386 g/mol. The predicted octanol–water partition coefficient (Wildman–Crippen LogP) is 2.24. The van der Waals surface area contributed by atoms with E-state index in [1.54, 1.807) is 0 Å². The first-order valence-corrected chi connectivity index (χ1v) is 9.78. The molecule has 150 valence electrons. The molecule has 0 saturated carbocycles. The van der Waals surface area contributed by atoms with Crippen molar-refractivity contribution in [1.82, 2.24) is 4.48 Å². The van der Waals surface area contributed by atoms with Crippen LogP contribution in [-0.2, 0) is 9.47 Å². The number of benzene rings is 2. The first-order chi connectivity index (χ1) is 13.6. The molecule has 0 aliphatic carbocycles. The van der Waals surface area contributed by atoms with Gasteiger partial charge in [-0.2, -0.15) is 0 Å². The van der Waals surface area contributed by atoms with Crippen LogP contribution in [0.5, 0.6) is 11.5 Å². The van der Waals surface area contributed by atoms with Crippen molar-refractivity contribution < 1.29 is 24.1 Å². The largest absolute Gasteiger partial charge is 0.491 e. The summed E-state index contributed by atoms with van der Waals surface area (Å²) >= 11 is 0. The van der Waals surface area contributed by atoms with Crippen LogP contribution in [0.15, 0.2) is 54.6 Å². The normalized spacial score (nSPS) is 23.5. The Hall–Kier alpha value is -2.12. The Balaban J connectivity index is 1.28. The van der Waals surface area contributed by atoms with E-state index >= 15 is 0 Å². The van der Waals surface area contributed by atoms with Gasteiger partial charge in [-0.25, -0.2) is 0 Å². The number of rotatable bonds is 11. The van der Waals surface area contributed by atoms with Crippen molar-refractivity contribution in [1.29, 1.82) is 0 Å². The molecule has 0 amide bonds. The molecule has 3 atom stereocenters. The summed E-state index contributed by atoms with van der Waals surface area (Å²) in [5.74, 6) is 1.47. The van der Waals surface area contributed by atoms with Crippen LogP contribution in [0.2, 0.25) is 0 Å². The molecule has 3 unspecified atom stereocenters. The number of aliphatic hydroxyl groups excluding tert-OH is 1. The van der Waals surface area contributed by atoms with Crippen LogP contribution < -0.4 is 14.0 Å². The molecule has 2 aliphatic rings. The lowest BCUT2D eigenvalue weighted by Crippen LogP contribution is -2.50. The molecule has 2 aromatic rings. The second kappa shape index (κ2) is 8.49. The fourth-order valence-corrected chi connectivity index (χ4v) is 3.38. The minimum Gasteiger partial charge on any atom is -0.491 e. The minimum absolute atomic E-state index is 0.185. The number of quaternary nitrogens is 1. The monoisotopic (exact) mass is 386 g/mol. The molecule has 4 rings (SSSR count). The molecule has 28 heavy (non-hydrogen) atoms. The molecule has 0 bridgehead atoms. The Labute approximate surface area is 165 Å². The van der Waals surface area contributed by atoms with Gasteiger partial charge in [-0.3, -0.25) is 4.48 Å². The van der Waals surface area contributed by atoms with Gasteiger partial charge in [0.25, 0.3) is 0 Å². The predicted molar refractivity (Wildman–Crippen MR) is 107 cm³/mol. The zero-order valence-corrected chi connectivity index (χ0v) is 16.2. The summed E-state index contributed by atoms with van der Waals surface area (Å²) in [5.41, 5.74) is 1.21. The molecule has 0 aromatic heterocycles. The highest BCUT2D eigenvalue weighted by Crippen LogP contribution is 2.29. The van der Waals surface area contributed by atoms with Gasteiger partial charge in [0.2, 0.25) is 0 Å². The first-order valence-electron chi connectivity index (χ1n) is 9.78. The van der Waals surface area contributed by atoms with E-state index in [1.807, 2.05) is 42.5 Å². The van der Waals surface area contributed by atoms with Crippen molar-refractivity contribution in [2.45, 2.75) is 18.3 Å². The van der Waals surface area contributed by atoms with Gasteiger partial charge < -0.3 is 24.1 Å². The van der Waals surface area contributed by atoms with E-state index < -0.39 is 6.10 Å². The van der Waals surface area contributed by atoms with E-state index in [-0.39, 0.29) is 13.2 Å². The van der Waals surface area contributed by atoms with Crippen LogP contribution >= 0.6 is 0 Å². The molecular formula is C22H28NO5+. The quantitative estimate of drug-likeness (QED) is 0.474. The molecule has 2 aliphatic heterocycles. The van der Waals surface area contributed by atoms with Crippen molar-refractivity contribution in [3.8, 4) is 11.5 Å². The van der Waals surface area contributed by atoms with Gasteiger partial charge in [0, 0.05) is 12.1 Å². The average Bonchev–Trinajstić information content (AvgIpc) is 3.64. The maximum absolute atomic E-state index is 10.1. The van der Waals surface area contributed by atoms with Gasteiger partial charge in [-0.1, -0.05) is 18.2 Å². The minimum atomic E-state index is -0.694. The van der Waals surface area contributed by atoms with Crippen molar-refractivity contribution in [2.24, 2.45) is 0 Å². The van der Waals surface area contributed by atoms with Crippen molar-refractivity contribution in [3.05, 3.63) is 54.6 Å². The van der Waals surface area contributed by atoms with Crippen LogP contribution in [0.25, 0.3) is 0 Å². The van der Waals surface area contributed by atoms with Gasteiger partial charge in [0.15, 0.2) is 0 Å². The maximum Gasteiger partial charge on any atom is 0.133 e. The number of ether oxygens (including phenoxy) is 4. The van der Waals surface area contributed by atoms with Crippen LogP contribution in [0.4, 0.5) is 5.69 Å². The van der Waals surface area contributed by atoms with Crippen LogP contribution in [0.1, 0.15) is 0 Å². The summed E-state index contributed by atoms with van der Waals surface area (Å²) in [4.78, 5) is 0. The zero-order valence-electron chi connectivity index (χ0n) is 16.2. The van der Waals surface area contributed by atoms with E-state index in [4.69, 9.17) is 18.9 Å². The summed E-state index contributed by atoms with van der Waals surface area (Å²) in [5, 5.41) is 10.1. The first kappa shape index (κ1) is 19.2. The van der Waals surface area contributed by atoms with Gasteiger partial charge in [-0.15, -0.1) is 0 Å². The highest BCUT2D eigenvalue weighted by atomic mass is 16.6. The molecule has 6 heteroatoms. The lowest BCUT2D eigenvalue weighted by atomic mass is 10.2.